The van der Waals surface area contributed by atoms with Crippen molar-refractivity contribution in [1.82, 2.24) is 15.2 Å². The Hall–Kier alpha value is -2.70. The fourth-order valence-corrected chi connectivity index (χ4v) is 4.04. The van der Waals surface area contributed by atoms with Gasteiger partial charge in [-0.15, -0.1) is 11.3 Å². The number of aromatic nitrogens is 1. The Morgan fingerprint density at radius 2 is 1.90 bits per heavy atom. The predicted molar refractivity (Wildman–Crippen MR) is 122 cm³/mol. The summed E-state index contributed by atoms with van der Waals surface area (Å²) >= 11 is 1.60. The number of rotatable bonds is 10. The van der Waals surface area contributed by atoms with Crippen LogP contribution in [0, 0.1) is 6.92 Å². The average Bonchev–Trinajstić information content (AvgIpc) is 3.21. The normalized spacial score (nSPS) is 12.0. The lowest BCUT2D eigenvalue weighted by Crippen LogP contribution is -2.38. The van der Waals surface area contributed by atoms with Crippen LogP contribution < -0.4 is 10.1 Å². The van der Waals surface area contributed by atoms with Crippen molar-refractivity contribution in [3.63, 3.8) is 0 Å². The summed E-state index contributed by atoms with van der Waals surface area (Å²) in [6.07, 6.45) is 0. The van der Waals surface area contributed by atoms with E-state index in [-0.39, 0.29) is 11.9 Å². The molecule has 6 heteroatoms. The minimum atomic E-state index is -0.0990. The highest BCUT2D eigenvalue weighted by Crippen LogP contribution is 2.20. The van der Waals surface area contributed by atoms with E-state index in [1.807, 2.05) is 48.7 Å². The Kier molecular flexibility index (Phi) is 7.99. The predicted octanol–water partition coefficient (Wildman–Crippen LogP) is 4.84. The fourth-order valence-electron chi connectivity index (χ4n) is 3.45. The third-order valence-electron chi connectivity index (χ3n) is 5.04. The molecular formula is C24H29N3O2S. The van der Waals surface area contributed by atoms with Gasteiger partial charge in [0, 0.05) is 17.5 Å². The minimum Gasteiger partial charge on any atom is -0.487 e. The number of hydrogen-bond donors (Lipinski definition) is 1. The minimum absolute atomic E-state index is 0.0990. The molecule has 158 valence electrons. The molecule has 1 amide bonds. The first kappa shape index (κ1) is 22.0. The van der Waals surface area contributed by atoms with Gasteiger partial charge in [0.25, 0.3) is 5.91 Å². The number of carbonyl (C=O) groups is 1. The molecule has 1 N–H and O–H groups in total. The molecule has 0 aliphatic rings. The number of nitrogens with zero attached hydrogens (tertiary/aromatic N) is 2. The van der Waals surface area contributed by atoms with E-state index in [9.17, 15) is 4.79 Å². The van der Waals surface area contributed by atoms with Gasteiger partial charge in [0.2, 0.25) is 0 Å². The van der Waals surface area contributed by atoms with Crippen LogP contribution in [0.15, 0.2) is 60.0 Å². The van der Waals surface area contributed by atoms with E-state index in [1.165, 1.54) is 5.56 Å². The molecule has 1 aromatic heterocycles. The van der Waals surface area contributed by atoms with Crippen LogP contribution in [0.3, 0.4) is 0 Å². The summed E-state index contributed by atoms with van der Waals surface area (Å²) < 4.78 is 5.82. The maximum absolute atomic E-state index is 12.8. The van der Waals surface area contributed by atoms with Gasteiger partial charge in [0.05, 0.1) is 16.7 Å². The summed E-state index contributed by atoms with van der Waals surface area (Å²) in [5.74, 6) is 0.565. The van der Waals surface area contributed by atoms with Crippen LogP contribution in [0.25, 0.3) is 0 Å². The standard InChI is InChI=1S/C24H29N3O2S/c1-4-27(5-2)23(19-10-7-6-8-11-19)15-25-24(28)20-12-9-13-22(14-20)29-16-21-17-30-18(3)26-21/h6-14,17,23H,4-5,15-16H2,1-3H3,(H,25,28). The van der Waals surface area contributed by atoms with Crippen LogP contribution in [0.1, 0.15) is 46.5 Å². The molecule has 1 heterocycles. The van der Waals surface area contributed by atoms with E-state index in [0.29, 0.717) is 24.5 Å². The van der Waals surface area contributed by atoms with Crippen LogP contribution in [0.2, 0.25) is 0 Å². The number of benzene rings is 2. The molecule has 2 aromatic carbocycles. The van der Waals surface area contributed by atoms with Crippen LogP contribution in [-0.2, 0) is 6.61 Å². The second-order valence-corrected chi connectivity index (χ2v) is 8.09. The zero-order valence-electron chi connectivity index (χ0n) is 17.8. The summed E-state index contributed by atoms with van der Waals surface area (Å²) in [6.45, 7) is 9.05. The number of amides is 1. The molecule has 3 aromatic rings. The smallest absolute Gasteiger partial charge is 0.251 e. The molecule has 30 heavy (non-hydrogen) atoms. The van der Waals surface area contributed by atoms with Gasteiger partial charge in [-0.3, -0.25) is 9.69 Å². The van der Waals surface area contributed by atoms with E-state index in [2.05, 4.69) is 41.2 Å². The van der Waals surface area contributed by atoms with E-state index in [1.54, 1.807) is 17.4 Å². The first-order chi connectivity index (χ1) is 14.6. The second kappa shape index (κ2) is 10.9. The van der Waals surface area contributed by atoms with Crippen molar-refractivity contribution in [1.29, 1.82) is 0 Å². The third kappa shape index (κ3) is 5.90. The molecule has 0 saturated heterocycles. The van der Waals surface area contributed by atoms with Gasteiger partial charge in [-0.05, 0) is 43.8 Å². The van der Waals surface area contributed by atoms with Gasteiger partial charge in [-0.2, -0.15) is 0 Å². The summed E-state index contributed by atoms with van der Waals surface area (Å²) in [5.41, 5.74) is 2.70. The van der Waals surface area contributed by atoms with Crippen molar-refractivity contribution in [3.8, 4) is 5.75 Å². The van der Waals surface area contributed by atoms with Gasteiger partial charge >= 0.3 is 0 Å². The maximum Gasteiger partial charge on any atom is 0.251 e. The van der Waals surface area contributed by atoms with Crippen molar-refractivity contribution in [2.24, 2.45) is 0 Å². The Labute approximate surface area is 182 Å². The Morgan fingerprint density at radius 3 is 2.57 bits per heavy atom. The first-order valence-electron chi connectivity index (χ1n) is 10.3. The Bertz CT molecular complexity index is 938. The molecule has 5 nitrogen and oxygen atoms in total. The molecule has 3 rings (SSSR count). The third-order valence-corrected chi connectivity index (χ3v) is 5.87. The summed E-state index contributed by atoms with van der Waals surface area (Å²) in [4.78, 5) is 19.6. The average molecular weight is 424 g/mol. The van der Waals surface area contributed by atoms with Gasteiger partial charge in [0.15, 0.2) is 0 Å². The zero-order chi connectivity index (χ0) is 21.3. The number of thiazole rings is 1. The molecule has 0 aliphatic carbocycles. The quantitative estimate of drug-likeness (QED) is 0.507. The number of likely N-dealkylation sites (N-methyl/N-ethyl adjacent to an activating group) is 1. The second-order valence-electron chi connectivity index (χ2n) is 7.03. The molecule has 0 spiro atoms. The number of carbonyl (C=O) groups excluding carboxylic acids is 1. The van der Waals surface area contributed by atoms with Crippen LogP contribution >= 0.6 is 11.3 Å². The number of hydrogen-bond acceptors (Lipinski definition) is 5. The van der Waals surface area contributed by atoms with E-state index >= 15 is 0 Å². The summed E-state index contributed by atoms with van der Waals surface area (Å²) in [5, 5.41) is 6.11. The molecule has 1 unspecified atom stereocenters. The lowest BCUT2D eigenvalue weighted by atomic mass is 10.0. The Balaban J connectivity index is 1.64. The largest absolute Gasteiger partial charge is 0.487 e. The van der Waals surface area contributed by atoms with Crippen molar-refractivity contribution >= 4 is 17.2 Å². The first-order valence-corrected chi connectivity index (χ1v) is 11.2. The Morgan fingerprint density at radius 1 is 1.13 bits per heavy atom. The van der Waals surface area contributed by atoms with E-state index in [4.69, 9.17) is 4.74 Å². The summed E-state index contributed by atoms with van der Waals surface area (Å²) in [7, 11) is 0. The highest BCUT2D eigenvalue weighted by atomic mass is 32.1. The molecule has 0 saturated carbocycles. The van der Waals surface area contributed by atoms with Crippen molar-refractivity contribution < 1.29 is 9.53 Å². The van der Waals surface area contributed by atoms with Crippen LogP contribution in [0.4, 0.5) is 0 Å². The SMILES string of the molecule is CCN(CC)C(CNC(=O)c1cccc(OCc2csc(C)n2)c1)c1ccccc1. The molecular weight excluding hydrogens is 394 g/mol. The number of aryl methyl sites for hydroxylation is 1. The highest BCUT2D eigenvalue weighted by molar-refractivity contribution is 7.09. The van der Waals surface area contributed by atoms with Crippen molar-refractivity contribution in [2.45, 2.75) is 33.4 Å². The zero-order valence-corrected chi connectivity index (χ0v) is 18.6. The molecule has 0 radical (unpaired) electrons. The van der Waals surface area contributed by atoms with Gasteiger partial charge in [0.1, 0.15) is 12.4 Å². The van der Waals surface area contributed by atoms with Crippen molar-refractivity contribution in [2.75, 3.05) is 19.6 Å². The fraction of sp³-hybridized carbons (Fsp3) is 0.333. The summed E-state index contributed by atoms with van der Waals surface area (Å²) in [6, 6.07) is 17.8. The molecule has 0 aliphatic heterocycles. The van der Waals surface area contributed by atoms with Gasteiger partial charge < -0.3 is 10.1 Å². The molecule has 0 bridgehead atoms. The van der Waals surface area contributed by atoms with Crippen LogP contribution in [0.5, 0.6) is 5.75 Å². The molecule has 1 atom stereocenters. The lowest BCUT2D eigenvalue weighted by molar-refractivity contribution is 0.0934. The van der Waals surface area contributed by atoms with Crippen molar-refractivity contribution in [3.05, 3.63) is 81.8 Å². The van der Waals surface area contributed by atoms with E-state index < -0.39 is 0 Å². The topological polar surface area (TPSA) is 54.5 Å². The van der Waals surface area contributed by atoms with E-state index in [0.717, 1.165) is 23.8 Å². The van der Waals surface area contributed by atoms with Gasteiger partial charge in [-0.1, -0.05) is 50.2 Å². The monoisotopic (exact) mass is 423 g/mol. The van der Waals surface area contributed by atoms with Gasteiger partial charge in [-0.25, -0.2) is 4.98 Å². The number of ether oxygens (including phenoxy) is 1. The van der Waals surface area contributed by atoms with Crippen LogP contribution in [-0.4, -0.2) is 35.4 Å². The maximum atomic E-state index is 12.8. The lowest BCUT2D eigenvalue weighted by Gasteiger charge is -2.30. The number of nitrogens with one attached hydrogen (secondary N) is 1. The highest BCUT2D eigenvalue weighted by Gasteiger charge is 2.19. The molecule has 0 fully saturated rings.